The summed E-state index contributed by atoms with van der Waals surface area (Å²) in [6.45, 7) is 4.96. The molecule has 0 amide bonds. The van der Waals surface area contributed by atoms with Crippen LogP contribution in [0, 0.1) is 6.92 Å². The highest BCUT2D eigenvalue weighted by atomic mass is 15.3. The summed E-state index contributed by atoms with van der Waals surface area (Å²) in [6, 6.07) is 14.4. The first kappa shape index (κ1) is 14.4. The first-order chi connectivity index (χ1) is 10.7. The van der Waals surface area contributed by atoms with Gasteiger partial charge in [0.2, 0.25) is 5.96 Å². The van der Waals surface area contributed by atoms with Gasteiger partial charge >= 0.3 is 0 Å². The summed E-state index contributed by atoms with van der Waals surface area (Å²) in [7, 11) is 0. The van der Waals surface area contributed by atoms with Crippen molar-refractivity contribution in [2.24, 2.45) is 10.7 Å². The second-order valence-electron chi connectivity index (χ2n) is 5.46. The normalized spacial score (nSPS) is 13.3. The van der Waals surface area contributed by atoms with E-state index in [0.717, 1.165) is 24.3 Å². The summed E-state index contributed by atoms with van der Waals surface area (Å²) < 4.78 is 0. The summed E-state index contributed by atoms with van der Waals surface area (Å²) in [5.74, 6) is 0.533. The smallest absolute Gasteiger partial charge is 0.201 e. The molecule has 0 radical (unpaired) electrons. The maximum Gasteiger partial charge on any atom is 0.201 e. The predicted molar refractivity (Wildman–Crippen MR) is 94.7 cm³/mol. The number of nitrogens with two attached hydrogens (primary N) is 1. The highest BCUT2D eigenvalue weighted by Gasteiger charge is 2.13. The van der Waals surface area contributed by atoms with Gasteiger partial charge in [0, 0.05) is 17.8 Å². The maximum atomic E-state index is 6.31. The van der Waals surface area contributed by atoms with Crippen LogP contribution in [0.2, 0.25) is 0 Å². The van der Waals surface area contributed by atoms with E-state index in [1.807, 2.05) is 29.2 Å². The molecule has 0 aliphatic heterocycles. The van der Waals surface area contributed by atoms with Crippen LogP contribution in [0.5, 0.6) is 0 Å². The van der Waals surface area contributed by atoms with E-state index in [9.17, 15) is 0 Å². The summed E-state index contributed by atoms with van der Waals surface area (Å²) >= 11 is 0. The van der Waals surface area contributed by atoms with Gasteiger partial charge in [-0.2, -0.15) is 0 Å². The molecule has 1 aliphatic rings. The first-order valence-corrected chi connectivity index (χ1v) is 7.66. The minimum absolute atomic E-state index is 0.533. The lowest BCUT2D eigenvalue weighted by Gasteiger charge is -2.24. The van der Waals surface area contributed by atoms with Crippen molar-refractivity contribution >= 4 is 23.4 Å². The Kier molecular flexibility index (Phi) is 3.96. The number of benzene rings is 2. The van der Waals surface area contributed by atoms with Crippen molar-refractivity contribution in [3.05, 3.63) is 65.2 Å². The number of nitrogens with zero attached hydrogens (tertiary/aromatic N) is 2. The lowest BCUT2D eigenvalue weighted by molar-refractivity contribution is 1.03. The van der Waals surface area contributed by atoms with E-state index in [1.54, 1.807) is 0 Å². The van der Waals surface area contributed by atoms with Crippen LogP contribution in [0.4, 0.5) is 11.4 Å². The van der Waals surface area contributed by atoms with Gasteiger partial charge in [-0.25, -0.2) is 4.99 Å². The molecule has 0 spiro atoms. The average molecular weight is 291 g/mol. The van der Waals surface area contributed by atoms with Crippen LogP contribution in [-0.4, -0.2) is 12.5 Å². The van der Waals surface area contributed by atoms with Crippen LogP contribution < -0.4 is 10.6 Å². The molecule has 112 valence electrons. The van der Waals surface area contributed by atoms with Crippen LogP contribution in [-0.2, 0) is 6.42 Å². The molecule has 0 aromatic heterocycles. The largest absolute Gasteiger partial charge is 0.369 e. The molecule has 0 saturated heterocycles. The molecule has 3 rings (SSSR count). The molecule has 0 bridgehead atoms. The zero-order valence-electron chi connectivity index (χ0n) is 13.1. The maximum absolute atomic E-state index is 6.31. The van der Waals surface area contributed by atoms with Crippen molar-refractivity contribution in [1.82, 2.24) is 0 Å². The van der Waals surface area contributed by atoms with Gasteiger partial charge in [0.25, 0.3) is 0 Å². The topological polar surface area (TPSA) is 41.6 Å². The molecule has 2 aromatic rings. The third kappa shape index (κ3) is 2.62. The summed E-state index contributed by atoms with van der Waals surface area (Å²) in [5.41, 5.74) is 12.0. The molecule has 2 N–H and O–H groups in total. The lowest BCUT2D eigenvalue weighted by Crippen LogP contribution is -2.37. The van der Waals surface area contributed by atoms with E-state index < -0.39 is 0 Å². The van der Waals surface area contributed by atoms with Crippen LogP contribution in [0.3, 0.4) is 0 Å². The number of rotatable bonds is 3. The fourth-order valence-corrected chi connectivity index (χ4v) is 2.88. The minimum atomic E-state index is 0.533. The van der Waals surface area contributed by atoms with Gasteiger partial charge in [0.15, 0.2) is 0 Å². The van der Waals surface area contributed by atoms with E-state index in [2.05, 4.69) is 49.2 Å². The van der Waals surface area contributed by atoms with Crippen molar-refractivity contribution in [1.29, 1.82) is 0 Å². The Labute approximate surface area is 131 Å². The number of guanidine groups is 1. The van der Waals surface area contributed by atoms with E-state index in [-0.39, 0.29) is 0 Å². The quantitative estimate of drug-likeness (QED) is 0.685. The van der Waals surface area contributed by atoms with E-state index >= 15 is 0 Å². The molecule has 3 nitrogen and oxygen atoms in total. The van der Waals surface area contributed by atoms with Crippen molar-refractivity contribution in [3.63, 3.8) is 0 Å². The van der Waals surface area contributed by atoms with Crippen LogP contribution >= 0.6 is 0 Å². The third-order valence-corrected chi connectivity index (χ3v) is 4.03. The third-order valence-electron chi connectivity index (χ3n) is 4.03. The Bertz CT molecular complexity index is 744. The number of aryl methyl sites for hydroxylation is 1. The Morgan fingerprint density at radius 3 is 2.77 bits per heavy atom. The Balaban J connectivity index is 1.99. The van der Waals surface area contributed by atoms with Crippen LogP contribution in [0.25, 0.3) is 6.08 Å². The van der Waals surface area contributed by atoms with E-state index in [0.29, 0.717) is 5.96 Å². The Morgan fingerprint density at radius 2 is 2.00 bits per heavy atom. The van der Waals surface area contributed by atoms with Crippen molar-refractivity contribution in [2.45, 2.75) is 20.3 Å². The SMILES string of the molecule is CCN(C(N)=Nc1cccc2c1C=CC2)c1ccccc1C. The highest BCUT2D eigenvalue weighted by molar-refractivity contribution is 5.97. The Hall–Kier alpha value is -2.55. The van der Waals surface area contributed by atoms with Crippen LogP contribution in [0.1, 0.15) is 23.6 Å². The van der Waals surface area contributed by atoms with Gasteiger partial charge in [-0.1, -0.05) is 42.5 Å². The van der Waals surface area contributed by atoms with Crippen molar-refractivity contribution in [3.8, 4) is 0 Å². The molecule has 0 fully saturated rings. The van der Waals surface area contributed by atoms with Crippen molar-refractivity contribution < 1.29 is 0 Å². The minimum Gasteiger partial charge on any atom is -0.369 e. The van der Waals surface area contributed by atoms with Gasteiger partial charge in [-0.05, 0) is 43.5 Å². The molecule has 22 heavy (non-hydrogen) atoms. The van der Waals surface area contributed by atoms with E-state index in [1.165, 1.54) is 16.7 Å². The second-order valence-corrected chi connectivity index (χ2v) is 5.46. The van der Waals surface area contributed by atoms with Crippen molar-refractivity contribution in [2.75, 3.05) is 11.4 Å². The number of aliphatic imine (C=N–C) groups is 1. The molecule has 1 aliphatic carbocycles. The van der Waals surface area contributed by atoms with E-state index in [4.69, 9.17) is 5.73 Å². The van der Waals surface area contributed by atoms with Gasteiger partial charge in [-0.15, -0.1) is 0 Å². The summed E-state index contributed by atoms with van der Waals surface area (Å²) in [5, 5.41) is 0. The fourth-order valence-electron chi connectivity index (χ4n) is 2.88. The molecule has 3 heteroatoms. The highest BCUT2D eigenvalue weighted by Crippen LogP contribution is 2.29. The monoisotopic (exact) mass is 291 g/mol. The number of hydrogen-bond acceptors (Lipinski definition) is 1. The van der Waals surface area contributed by atoms with Gasteiger partial charge in [0.1, 0.15) is 0 Å². The van der Waals surface area contributed by atoms with Crippen LogP contribution in [0.15, 0.2) is 53.5 Å². The Morgan fingerprint density at radius 1 is 1.18 bits per heavy atom. The first-order valence-electron chi connectivity index (χ1n) is 7.66. The molecule has 2 aromatic carbocycles. The zero-order chi connectivity index (χ0) is 15.5. The molecule has 0 heterocycles. The number of hydrogen-bond donors (Lipinski definition) is 1. The average Bonchev–Trinajstić information content (AvgIpc) is 2.99. The number of allylic oxidation sites excluding steroid dienone is 1. The van der Waals surface area contributed by atoms with Gasteiger partial charge in [0.05, 0.1) is 5.69 Å². The molecule has 0 atom stereocenters. The summed E-state index contributed by atoms with van der Waals surface area (Å²) in [6.07, 6.45) is 5.28. The standard InChI is InChI=1S/C19H21N3/c1-3-22(18-13-5-4-8-14(18)2)19(20)21-17-12-7-10-15-9-6-11-16(15)17/h4-8,10-13H,3,9H2,1-2H3,(H2,20,21). The lowest BCUT2D eigenvalue weighted by atomic mass is 10.1. The van der Waals surface area contributed by atoms with Gasteiger partial charge in [-0.3, -0.25) is 0 Å². The van der Waals surface area contributed by atoms with Gasteiger partial charge < -0.3 is 10.6 Å². The summed E-state index contributed by atoms with van der Waals surface area (Å²) in [4.78, 5) is 6.74. The number of fused-ring (bicyclic) bond motifs is 1. The number of para-hydroxylation sites is 1. The molecule has 0 saturated carbocycles. The second kappa shape index (κ2) is 6.06. The molecule has 0 unspecified atom stereocenters. The predicted octanol–water partition coefficient (Wildman–Crippen LogP) is 4.04. The number of anilines is 1. The zero-order valence-corrected chi connectivity index (χ0v) is 13.1. The molecular formula is C19H21N3. The molecular weight excluding hydrogens is 270 g/mol. The fraction of sp³-hybridized carbons (Fsp3) is 0.211.